The highest BCUT2D eigenvalue weighted by molar-refractivity contribution is 5.67. The molecular formula is C13H18O2. The topological polar surface area (TPSA) is 37.3 Å². The summed E-state index contributed by atoms with van der Waals surface area (Å²) in [5, 5.41) is 8.71. The van der Waals surface area contributed by atoms with Gasteiger partial charge in [0.1, 0.15) is 0 Å². The lowest BCUT2D eigenvalue weighted by Gasteiger charge is -2.23. The third-order valence-corrected chi connectivity index (χ3v) is 4.71. The van der Waals surface area contributed by atoms with E-state index in [1.54, 1.807) is 5.57 Å². The molecule has 3 aliphatic rings. The molecule has 15 heavy (non-hydrogen) atoms. The number of rotatable bonds is 3. The zero-order chi connectivity index (χ0) is 10.4. The van der Waals surface area contributed by atoms with Crippen molar-refractivity contribution in [3.63, 3.8) is 0 Å². The number of carbonyl (C=O) groups is 1. The highest BCUT2D eigenvalue weighted by atomic mass is 16.4. The second kappa shape index (κ2) is 3.36. The average molecular weight is 206 g/mol. The number of fused-ring (bicyclic) bond motifs is 5. The lowest BCUT2D eigenvalue weighted by Crippen LogP contribution is -2.14. The van der Waals surface area contributed by atoms with Crippen LogP contribution in [0.5, 0.6) is 0 Å². The van der Waals surface area contributed by atoms with Crippen molar-refractivity contribution in [2.45, 2.75) is 44.9 Å². The Labute approximate surface area is 90.4 Å². The van der Waals surface area contributed by atoms with Gasteiger partial charge in [0.15, 0.2) is 0 Å². The summed E-state index contributed by atoms with van der Waals surface area (Å²) in [7, 11) is 0. The molecule has 0 saturated heterocycles. The Bertz CT molecular complexity index is 329. The molecule has 2 nitrogen and oxygen atoms in total. The van der Waals surface area contributed by atoms with Gasteiger partial charge in [-0.2, -0.15) is 0 Å². The van der Waals surface area contributed by atoms with Crippen molar-refractivity contribution < 1.29 is 9.90 Å². The van der Waals surface area contributed by atoms with E-state index in [-0.39, 0.29) is 0 Å². The van der Waals surface area contributed by atoms with Gasteiger partial charge >= 0.3 is 5.97 Å². The van der Waals surface area contributed by atoms with Gasteiger partial charge in [-0.3, -0.25) is 4.79 Å². The minimum atomic E-state index is -0.645. The Hall–Kier alpha value is -0.790. The molecular weight excluding hydrogens is 188 g/mol. The molecule has 2 bridgehead atoms. The molecule has 0 aliphatic heterocycles. The number of aliphatic carboxylic acids is 1. The number of carboxylic acid groups (broad SMARTS) is 1. The van der Waals surface area contributed by atoms with Gasteiger partial charge < -0.3 is 5.11 Å². The Morgan fingerprint density at radius 1 is 1.33 bits per heavy atom. The molecule has 1 N–H and O–H groups in total. The van der Waals surface area contributed by atoms with Crippen molar-refractivity contribution in [3.05, 3.63) is 11.1 Å². The molecule has 0 radical (unpaired) electrons. The molecule has 0 heterocycles. The maximum Gasteiger partial charge on any atom is 0.303 e. The van der Waals surface area contributed by atoms with Gasteiger partial charge in [0.05, 0.1) is 0 Å². The van der Waals surface area contributed by atoms with E-state index in [9.17, 15) is 4.79 Å². The minimum Gasteiger partial charge on any atom is -0.481 e. The summed E-state index contributed by atoms with van der Waals surface area (Å²) in [5.74, 6) is 2.10. The molecule has 0 aromatic heterocycles. The van der Waals surface area contributed by atoms with Gasteiger partial charge in [-0.15, -0.1) is 0 Å². The largest absolute Gasteiger partial charge is 0.481 e. The van der Waals surface area contributed by atoms with Crippen LogP contribution in [0.3, 0.4) is 0 Å². The summed E-state index contributed by atoms with van der Waals surface area (Å²) < 4.78 is 0. The summed E-state index contributed by atoms with van der Waals surface area (Å²) in [6.07, 6.45) is 7.92. The van der Waals surface area contributed by atoms with E-state index in [0.29, 0.717) is 6.42 Å². The molecule has 0 spiro atoms. The third-order valence-electron chi connectivity index (χ3n) is 4.71. The van der Waals surface area contributed by atoms with Gasteiger partial charge in [-0.05, 0) is 49.9 Å². The molecule has 0 aromatic rings. The molecule has 0 amide bonds. The summed E-state index contributed by atoms with van der Waals surface area (Å²) in [6, 6.07) is 0. The minimum absolute atomic E-state index is 0.336. The summed E-state index contributed by atoms with van der Waals surface area (Å²) in [6.45, 7) is 0. The van der Waals surface area contributed by atoms with Crippen molar-refractivity contribution in [1.29, 1.82) is 0 Å². The lowest BCUT2D eigenvalue weighted by atomic mass is 9.82. The summed E-state index contributed by atoms with van der Waals surface area (Å²) >= 11 is 0. The van der Waals surface area contributed by atoms with Gasteiger partial charge in [-0.1, -0.05) is 17.6 Å². The standard InChI is InChI=1S/C13H18O2/c14-13(15)5-4-8-6-9-7-12(8)11-3-1-2-10(9)11/h9-11H,1-7H2,(H,14,15). The van der Waals surface area contributed by atoms with Gasteiger partial charge in [0.2, 0.25) is 0 Å². The Balaban J connectivity index is 1.75. The maximum atomic E-state index is 10.6. The van der Waals surface area contributed by atoms with Gasteiger partial charge in [-0.25, -0.2) is 0 Å². The predicted octanol–water partition coefficient (Wildman–Crippen LogP) is 2.99. The van der Waals surface area contributed by atoms with Crippen LogP contribution in [0, 0.1) is 17.8 Å². The number of carboxylic acids is 1. The molecule has 3 rings (SSSR count). The highest BCUT2D eigenvalue weighted by Crippen LogP contribution is 2.58. The molecule has 2 heteroatoms. The zero-order valence-corrected chi connectivity index (χ0v) is 9.04. The Morgan fingerprint density at radius 3 is 3.00 bits per heavy atom. The van der Waals surface area contributed by atoms with Gasteiger partial charge in [0.25, 0.3) is 0 Å². The van der Waals surface area contributed by atoms with Crippen LogP contribution < -0.4 is 0 Å². The van der Waals surface area contributed by atoms with Crippen molar-refractivity contribution in [2.24, 2.45) is 17.8 Å². The van der Waals surface area contributed by atoms with Crippen molar-refractivity contribution in [1.82, 2.24) is 0 Å². The highest BCUT2D eigenvalue weighted by Gasteiger charge is 2.47. The predicted molar refractivity (Wildman–Crippen MR) is 57.5 cm³/mol. The van der Waals surface area contributed by atoms with Crippen LogP contribution in [-0.4, -0.2) is 11.1 Å². The van der Waals surface area contributed by atoms with Crippen LogP contribution in [0.2, 0.25) is 0 Å². The fourth-order valence-corrected chi connectivity index (χ4v) is 4.17. The molecule has 82 valence electrons. The van der Waals surface area contributed by atoms with Crippen molar-refractivity contribution in [2.75, 3.05) is 0 Å². The fraction of sp³-hybridized carbons (Fsp3) is 0.769. The number of allylic oxidation sites excluding steroid dienone is 2. The first-order valence-electron chi connectivity index (χ1n) is 6.18. The summed E-state index contributed by atoms with van der Waals surface area (Å²) in [4.78, 5) is 10.6. The van der Waals surface area contributed by atoms with Crippen LogP contribution in [-0.2, 0) is 4.79 Å². The van der Waals surface area contributed by atoms with E-state index < -0.39 is 5.97 Å². The fourth-order valence-electron chi connectivity index (χ4n) is 4.17. The van der Waals surface area contributed by atoms with E-state index >= 15 is 0 Å². The van der Waals surface area contributed by atoms with Crippen LogP contribution in [0.15, 0.2) is 11.1 Å². The molecule has 3 unspecified atom stereocenters. The zero-order valence-electron chi connectivity index (χ0n) is 9.04. The lowest BCUT2D eigenvalue weighted by molar-refractivity contribution is -0.136. The first kappa shape index (κ1) is 9.44. The van der Waals surface area contributed by atoms with E-state index in [4.69, 9.17) is 5.11 Å². The van der Waals surface area contributed by atoms with Crippen molar-refractivity contribution >= 4 is 5.97 Å². The molecule has 2 saturated carbocycles. The first-order valence-corrected chi connectivity index (χ1v) is 6.18. The van der Waals surface area contributed by atoms with E-state index in [1.165, 1.54) is 37.7 Å². The third kappa shape index (κ3) is 1.42. The second-order valence-electron chi connectivity index (χ2n) is 5.39. The average Bonchev–Trinajstić information content (AvgIpc) is 2.86. The van der Waals surface area contributed by atoms with Crippen molar-refractivity contribution in [3.8, 4) is 0 Å². The Morgan fingerprint density at radius 2 is 2.20 bits per heavy atom. The molecule has 0 aromatic carbocycles. The monoisotopic (exact) mass is 206 g/mol. The molecule has 2 fully saturated rings. The maximum absolute atomic E-state index is 10.6. The quantitative estimate of drug-likeness (QED) is 0.721. The van der Waals surface area contributed by atoms with E-state index in [0.717, 1.165) is 24.2 Å². The SMILES string of the molecule is O=C(O)CCC1=C2CC(C1)C1CCCC21. The molecule has 3 atom stereocenters. The smallest absolute Gasteiger partial charge is 0.303 e. The molecule has 3 aliphatic carbocycles. The number of hydrogen-bond acceptors (Lipinski definition) is 1. The van der Waals surface area contributed by atoms with Gasteiger partial charge in [0, 0.05) is 6.42 Å². The first-order chi connectivity index (χ1) is 7.25. The van der Waals surface area contributed by atoms with Crippen LogP contribution >= 0.6 is 0 Å². The van der Waals surface area contributed by atoms with Crippen LogP contribution in [0.1, 0.15) is 44.9 Å². The van der Waals surface area contributed by atoms with E-state index in [1.807, 2.05) is 0 Å². The van der Waals surface area contributed by atoms with Crippen LogP contribution in [0.4, 0.5) is 0 Å². The van der Waals surface area contributed by atoms with Crippen LogP contribution in [0.25, 0.3) is 0 Å². The second-order valence-corrected chi connectivity index (χ2v) is 5.39. The number of hydrogen-bond donors (Lipinski definition) is 1. The van der Waals surface area contributed by atoms with E-state index in [2.05, 4.69) is 0 Å². The summed E-state index contributed by atoms with van der Waals surface area (Å²) in [5.41, 5.74) is 3.20. The Kier molecular flexibility index (Phi) is 2.11. The normalized spacial score (nSPS) is 37.5.